The van der Waals surface area contributed by atoms with Crippen molar-refractivity contribution in [1.29, 1.82) is 0 Å². The first-order chi connectivity index (χ1) is 13.9. The molecule has 0 aliphatic rings. The fraction of sp³-hybridized carbons (Fsp3) is 0. The topological polar surface area (TPSA) is 26.3 Å². The molecule has 0 unspecified atom stereocenters. The van der Waals surface area contributed by atoms with Crippen LogP contribution in [0.25, 0.3) is 54.3 Å². The standard InChI is InChI=1S/C24H14O2S2/c1-3-9-17-15(7-1)21(19-11-5-13-27-19)25-23(17)24-18-10-4-2-8-16(18)22(26-24)20-12-6-14-28-20/h1-14H. The van der Waals surface area contributed by atoms with Crippen LogP contribution in [0.5, 0.6) is 0 Å². The van der Waals surface area contributed by atoms with E-state index in [0.717, 1.165) is 54.3 Å². The Hall–Kier alpha value is -3.08. The van der Waals surface area contributed by atoms with Crippen molar-refractivity contribution in [2.24, 2.45) is 0 Å². The SMILES string of the molecule is c1csc(-c2oc(-c3oc(-c4cccs4)c4ccccc34)c3ccccc23)c1. The summed E-state index contributed by atoms with van der Waals surface area (Å²) in [7, 11) is 0. The molecule has 28 heavy (non-hydrogen) atoms. The molecule has 0 bridgehead atoms. The van der Waals surface area contributed by atoms with Crippen LogP contribution in [0.15, 0.2) is 92.4 Å². The second kappa shape index (κ2) is 6.23. The summed E-state index contributed by atoms with van der Waals surface area (Å²) in [6.07, 6.45) is 0. The van der Waals surface area contributed by atoms with Gasteiger partial charge in [0.1, 0.15) is 0 Å². The summed E-state index contributed by atoms with van der Waals surface area (Å²) in [4.78, 5) is 2.24. The lowest BCUT2D eigenvalue weighted by molar-refractivity contribution is 0.546. The molecule has 6 aromatic rings. The number of furan rings is 2. The van der Waals surface area contributed by atoms with Crippen LogP contribution in [0.1, 0.15) is 0 Å². The minimum absolute atomic E-state index is 0.790. The van der Waals surface area contributed by atoms with Crippen LogP contribution >= 0.6 is 22.7 Å². The summed E-state index contributed by atoms with van der Waals surface area (Å²) in [5, 5.41) is 8.51. The summed E-state index contributed by atoms with van der Waals surface area (Å²) in [5.74, 6) is 3.38. The third-order valence-electron chi connectivity index (χ3n) is 4.94. The lowest BCUT2D eigenvalue weighted by atomic mass is 10.1. The number of benzene rings is 2. The van der Waals surface area contributed by atoms with Crippen molar-refractivity contribution in [2.45, 2.75) is 0 Å². The zero-order valence-electron chi connectivity index (χ0n) is 14.7. The minimum atomic E-state index is 0.790. The summed E-state index contributed by atoms with van der Waals surface area (Å²) in [5.41, 5.74) is 0. The van der Waals surface area contributed by atoms with Crippen molar-refractivity contribution in [2.75, 3.05) is 0 Å². The first kappa shape index (κ1) is 15.9. The number of hydrogen-bond acceptors (Lipinski definition) is 4. The fourth-order valence-corrected chi connectivity index (χ4v) is 5.14. The van der Waals surface area contributed by atoms with Crippen LogP contribution in [0.2, 0.25) is 0 Å². The van der Waals surface area contributed by atoms with Crippen LogP contribution < -0.4 is 0 Å². The monoisotopic (exact) mass is 398 g/mol. The van der Waals surface area contributed by atoms with Gasteiger partial charge in [0.2, 0.25) is 0 Å². The van der Waals surface area contributed by atoms with E-state index in [1.165, 1.54) is 0 Å². The minimum Gasteiger partial charge on any atom is -0.451 e. The average Bonchev–Trinajstić information content (AvgIpc) is 3.52. The highest BCUT2D eigenvalue weighted by Crippen LogP contribution is 2.46. The van der Waals surface area contributed by atoms with Crippen molar-refractivity contribution in [1.82, 2.24) is 0 Å². The molecular formula is C24H14O2S2. The Morgan fingerprint density at radius 2 is 0.821 bits per heavy atom. The second-order valence-corrected chi connectivity index (χ2v) is 8.46. The molecule has 0 N–H and O–H groups in total. The third-order valence-corrected chi connectivity index (χ3v) is 6.67. The van der Waals surface area contributed by atoms with Crippen molar-refractivity contribution >= 4 is 44.2 Å². The van der Waals surface area contributed by atoms with Gasteiger partial charge in [-0.05, 0) is 22.9 Å². The van der Waals surface area contributed by atoms with E-state index in [1.807, 2.05) is 24.3 Å². The normalized spacial score (nSPS) is 11.6. The number of rotatable bonds is 3. The van der Waals surface area contributed by atoms with E-state index in [4.69, 9.17) is 8.83 Å². The quantitative estimate of drug-likeness (QED) is 0.300. The van der Waals surface area contributed by atoms with E-state index in [-0.39, 0.29) is 0 Å². The summed E-state index contributed by atoms with van der Waals surface area (Å²) < 4.78 is 12.9. The summed E-state index contributed by atoms with van der Waals surface area (Å²) >= 11 is 3.37. The van der Waals surface area contributed by atoms with Gasteiger partial charge in [0.05, 0.1) is 9.75 Å². The molecule has 0 radical (unpaired) electrons. The Morgan fingerprint density at radius 3 is 1.18 bits per heavy atom. The molecule has 0 atom stereocenters. The molecule has 0 saturated heterocycles. The Kier molecular flexibility index (Phi) is 3.54. The Labute approximate surface area is 169 Å². The molecule has 4 aromatic heterocycles. The van der Waals surface area contributed by atoms with Gasteiger partial charge >= 0.3 is 0 Å². The van der Waals surface area contributed by atoms with E-state index in [1.54, 1.807) is 22.7 Å². The molecule has 134 valence electrons. The van der Waals surface area contributed by atoms with Crippen LogP contribution in [0, 0.1) is 0 Å². The van der Waals surface area contributed by atoms with Crippen molar-refractivity contribution in [3.05, 3.63) is 83.6 Å². The van der Waals surface area contributed by atoms with Gasteiger partial charge in [-0.15, -0.1) is 22.7 Å². The highest BCUT2D eigenvalue weighted by atomic mass is 32.1. The van der Waals surface area contributed by atoms with Gasteiger partial charge in [-0.3, -0.25) is 0 Å². The van der Waals surface area contributed by atoms with Gasteiger partial charge in [-0.25, -0.2) is 0 Å². The van der Waals surface area contributed by atoms with Gasteiger partial charge in [0.15, 0.2) is 23.0 Å². The van der Waals surface area contributed by atoms with Crippen molar-refractivity contribution in [3.63, 3.8) is 0 Å². The zero-order valence-corrected chi connectivity index (χ0v) is 16.3. The first-order valence-electron chi connectivity index (χ1n) is 9.01. The lowest BCUT2D eigenvalue weighted by Crippen LogP contribution is -1.72. The third kappa shape index (κ3) is 2.32. The summed E-state index contributed by atoms with van der Waals surface area (Å²) in [6.45, 7) is 0. The molecule has 2 nitrogen and oxygen atoms in total. The molecule has 6 rings (SSSR count). The number of fused-ring (bicyclic) bond motifs is 2. The van der Waals surface area contributed by atoms with E-state index < -0.39 is 0 Å². The van der Waals surface area contributed by atoms with Crippen molar-refractivity contribution < 1.29 is 8.83 Å². The predicted octanol–water partition coefficient (Wildman–Crippen LogP) is 8.30. The highest BCUT2D eigenvalue weighted by molar-refractivity contribution is 7.13. The number of thiophene rings is 2. The van der Waals surface area contributed by atoms with Gasteiger partial charge in [0.25, 0.3) is 0 Å². The maximum atomic E-state index is 6.45. The van der Waals surface area contributed by atoms with Crippen LogP contribution in [-0.4, -0.2) is 0 Å². The summed E-state index contributed by atoms with van der Waals surface area (Å²) in [6, 6.07) is 24.9. The molecule has 4 heterocycles. The van der Waals surface area contributed by atoms with Gasteiger partial charge < -0.3 is 8.83 Å². The van der Waals surface area contributed by atoms with E-state index in [2.05, 4.69) is 59.3 Å². The largest absolute Gasteiger partial charge is 0.451 e. The Morgan fingerprint density at radius 1 is 0.429 bits per heavy atom. The Balaban J connectivity index is 1.68. The van der Waals surface area contributed by atoms with E-state index in [0.29, 0.717) is 0 Å². The zero-order chi connectivity index (χ0) is 18.5. The number of hydrogen-bond donors (Lipinski definition) is 0. The van der Waals surface area contributed by atoms with Gasteiger partial charge in [-0.2, -0.15) is 0 Å². The fourth-order valence-electron chi connectivity index (χ4n) is 3.70. The molecule has 0 saturated carbocycles. The first-order valence-corrected chi connectivity index (χ1v) is 10.8. The maximum absolute atomic E-state index is 6.45. The van der Waals surface area contributed by atoms with Crippen LogP contribution in [0.4, 0.5) is 0 Å². The Bertz CT molecular complexity index is 1290. The van der Waals surface area contributed by atoms with Gasteiger partial charge in [0, 0.05) is 21.5 Å². The van der Waals surface area contributed by atoms with Crippen molar-refractivity contribution in [3.8, 4) is 32.8 Å². The maximum Gasteiger partial charge on any atom is 0.178 e. The molecular weight excluding hydrogens is 384 g/mol. The molecule has 2 aromatic carbocycles. The molecule has 0 spiro atoms. The molecule has 4 heteroatoms. The second-order valence-electron chi connectivity index (χ2n) is 6.57. The molecule has 0 amide bonds. The predicted molar refractivity (Wildman–Crippen MR) is 118 cm³/mol. The molecule has 0 aliphatic carbocycles. The van der Waals surface area contributed by atoms with E-state index in [9.17, 15) is 0 Å². The molecule has 0 fully saturated rings. The lowest BCUT2D eigenvalue weighted by Gasteiger charge is -1.95. The smallest absolute Gasteiger partial charge is 0.178 e. The molecule has 0 aliphatic heterocycles. The van der Waals surface area contributed by atoms with Gasteiger partial charge in [-0.1, -0.05) is 60.7 Å². The highest BCUT2D eigenvalue weighted by Gasteiger charge is 2.23. The van der Waals surface area contributed by atoms with E-state index >= 15 is 0 Å². The van der Waals surface area contributed by atoms with Crippen LogP contribution in [-0.2, 0) is 0 Å². The van der Waals surface area contributed by atoms with Crippen LogP contribution in [0.3, 0.4) is 0 Å². The average molecular weight is 399 g/mol.